The van der Waals surface area contributed by atoms with Crippen molar-refractivity contribution in [2.45, 2.75) is 18.9 Å². The van der Waals surface area contributed by atoms with Crippen LogP contribution in [0.25, 0.3) is 10.8 Å². The Kier molecular flexibility index (Phi) is 3.81. The second-order valence-electron chi connectivity index (χ2n) is 4.91. The number of nitrogens with two attached hydrogens (primary N) is 1. The fourth-order valence-electron chi connectivity index (χ4n) is 2.52. The lowest BCUT2D eigenvalue weighted by molar-refractivity contribution is 0.633. The van der Waals surface area contributed by atoms with Crippen molar-refractivity contribution in [3.63, 3.8) is 0 Å². The van der Waals surface area contributed by atoms with Crippen molar-refractivity contribution in [3.8, 4) is 0 Å². The third-order valence-electron chi connectivity index (χ3n) is 3.59. The second kappa shape index (κ2) is 5.73. The fourth-order valence-corrected chi connectivity index (χ4v) is 3.24. The standard InChI is InChI=1S/C17H16FNS/c18-16-9-8-15(13-5-1-2-6-14(13)16)17(19)10-7-12-4-3-11-20-12/h1-6,8-9,11,17H,7,10,19H2. The summed E-state index contributed by atoms with van der Waals surface area (Å²) in [6.45, 7) is 0. The van der Waals surface area contributed by atoms with Gasteiger partial charge in [-0.3, -0.25) is 0 Å². The van der Waals surface area contributed by atoms with Crippen molar-refractivity contribution in [1.29, 1.82) is 0 Å². The number of hydrogen-bond acceptors (Lipinski definition) is 2. The number of hydrogen-bond donors (Lipinski definition) is 1. The molecule has 0 aliphatic carbocycles. The van der Waals surface area contributed by atoms with Gasteiger partial charge in [0.2, 0.25) is 0 Å². The molecule has 3 rings (SSSR count). The van der Waals surface area contributed by atoms with Crippen LogP contribution in [0.1, 0.15) is 22.9 Å². The minimum absolute atomic E-state index is 0.0670. The van der Waals surface area contributed by atoms with Gasteiger partial charge in [-0.15, -0.1) is 11.3 Å². The van der Waals surface area contributed by atoms with Gasteiger partial charge < -0.3 is 5.73 Å². The molecule has 1 atom stereocenters. The molecule has 3 aromatic rings. The highest BCUT2D eigenvalue weighted by Crippen LogP contribution is 2.28. The van der Waals surface area contributed by atoms with Crippen LogP contribution >= 0.6 is 11.3 Å². The maximum Gasteiger partial charge on any atom is 0.131 e. The van der Waals surface area contributed by atoms with Crippen LogP contribution in [0.3, 0.4) is 0 Å². The largest absolute Gasteiger partial charge is 0.324 e. The van der Waals surface area contributed by atoms with E-state index in [9.17, 15) is 4.39 Å². The van der Waals surface area contributed by atoms with Gasteiger partial charge in [-0.2, -0.15) is 0 Å². The van der Waals surface area contributed by atoms with Crippen molar-refractivity contribution in [3.05, 3.63) is 70.2 Å². The van der Waals surface area contributed by atoms with Crippen LogP contribution in [0.4, 0.5) is 4.39 Å². The molecule has 0 saturated carbocycles. The lowest BCUT2D eigenvalue weighted by Gasteiger charge is -2.14. The highest BCUT2D eigenvalue weighted by Gasteiger charge is 2.12. The molecule has 1 unspecified atom stereocenters. The molecule has 0 spiro atoms. The Morgan fingerprint density at radius 2 is 1.80 bits per heavy atom. The van der Waals surface area contributed by atoms with Gasteiger partial charge in [-0.05, 0) is 41.3 Å². The third-order valence-corrected chi connectivity index (χ3v) is 4.52. The summed E-state index contributed by atoms with van der Waals surface area (Å²) in [7, 11) is 0. The van der Waals surface area contributed by atoms with Crippen LogP contribution in [-0.2, 0) is 6.42 Å². The molecule has 20 heavy (non-hydrogen) atoms. The summed E-state index contributed by atoms with van der Waals surface area (Å²) in [5, 5.41) is 3.65. The van der Waals surface area contributed by atoms with Gasteiger partial charge in [0, 0.05) is 16.3 Å². The molecular weight excluding hydrogens is 269 g/mol. The highest BCUT2D eigenvalue weighted by atomic mass is 32.1. The topological polar surface area (TPSA) is 26.0 Å². The first-order valence-corrected chi connectivity index (χ1v) is 7.59. The third kappa shape index (κ3) is 2.60. The molecule has 0 saturated heterocycles. The van der Waals surface area contributed by atoms with E-state index in [2.05, 4.69) is 17.5 Å². The van der Waals surface area contributed by atoms with E-state index >= 15 is 0 Å². The molecule has 0 fully saturated rings. The van der Waals surface area contributed by atoms with Crippen molar-refractivity contribution in [2.24, 2.45) is 5.73 Å². The molecular formula is C17H16FNS. The number of benzene rings is 2. The lowest BCUT2D eigenvalue weighted by atomic mass is 9.96. The average molecular weight is 285 g/mol. The SMILES string of the molecule is NC(CCc1cccs1)c1ccc(F)c2ccccc12. The normalized spacial score (nSPS) is 12.7. The number of aryl methyl sites for hydroxylation is 1. The predicted octanol–water partition coefficient (Wildman–Crippen LogP) is 4.67. The number of thiophene rings is 1. The highest BCUT2D eigenvalue weighted by molar-refractivity contribution is 7.09. The van der Waals surface area contributed by atoms with E-state index in [-0.39, 0.29) is 11.9 Å². The van der Waals surface area contributed by atoms with E-state index in [1.54, 1.807) is 17.4 Å². The number of rotatable bonds is 4. The molecule has 2 N–H and O–H groups in total. The zero-order valence-electron chi connectivity index (χ0n) is 11.1. The quantitative estimate of drug-likeness (QED) is 0.740. The predicted molar refractivity (Wildman–Crippen MR) is 83.5 cm³/mol. The fraction of sp³-hybridized carbons (Fsp3) is 0.176. The Morgan fingerprint density at radius 3 is 2.55 bits per heavy atom. The zero-order valence-corrected chi connectivity index (χ0v) is 11.9. The van der Waals surface area contributed by atoms with Gasteiger partial charge in [0.15, 0.2) is 0 Å². The van der Waals surface area contributed by atoms with Crippen LogP contribution in [0, 0.1) is 5.82 Å². The monoisotopic (exact) mass is 285 g/mol. The van der Waals surface area contributed by atoms with Crippen molar-refractivity contribution in [2.75, 3.05) is 0 Å². The summed E-state index contributed by atoms with van der Waals surface area (Å²) >= 11 is 1.75. The van der Waals surface area contributed by atoms with Gasteiger partial charge in [0.05, 0.1) is 0 Å². The molecule has 1 heterocycles. The lowest BCUT2D eigenvalue weighted by Crippen LogP contribution is -2.11. The van der Waals surface area contributed by atoms with Crippen LogP contribution in [-0.4, -0.2) is 0 Å². The second-order valence-corrected chi connectivity index (χ2v) is 5.94. The van der Waals surface area contributed by atoms with E-state index in [1.165, 1.54) is 10.9 Å². The van der Waals surface area contributed by atoms with Crippen LogP contribution in [0.2, 0.25) is 0 Å². The summed E-state index contributed by atoms with van der Waals surface area (Å²) in [6, 6.07) is 15.0. The minimum Gasteiger partial charge on any atom is -0.324 e. The molecule has 0 bridgehead atoms. The summed E-state index contributed by atoms with van der Waals surface area (Å²) in [5.41, 5.74) is 7.34. The first-order valence-electron chi connectivity index (χ1n) is 6.71. The Bertz CT molecular complexity index is 706. The molecule has 3 heteroatoms. The Morgan fingerprint density at radius 1 is 1.00 bits per heavy atom. The van der Waals surface area contributed by atoms with E-state index in [1.807, 2.05) is 24.3 Å². The molecule has 1 aromatic heterocycles. The summed E-state index contributed by atoms with van der Waals surface area (Å²) in [6.07, 6.45) is 1.83. The van der Waals surface area contributed by atoms with Gasteiger partial charge in [0.1, 0.15) is 5.82 Å². The van der Waals surface area contributed by atoms with E-state index in [0.717, 1.165) is 23.8 Å². The Labute approximate surface area is 121 Å². The number of halogens is 1. The molecule has 102 valence electrons. The van der Waals surface area contributed by atoms with Crippen LogP contribution in [0.15, 0.2) is 53.9 Å². The van der Waals surface area contributed by atoms with Crippen molar-refractivity contribution < 1.29 is 4.39 Å². The summed E-state index contributed by atoms with van der Waals surface area (Å²) in [5.74, 6) is -0.185. The molecule has 1 nitrogen and oxygen atoms in total. The summed E-state index contributed by atoms with van der Waals surface area (Å²) in [4.78, 5) is 1.34. The molecule has 2 aromatic carbocycles. The molecule has 0 aliphatic heterocycles. The van der Waals surface area contributed by atoms with Gasteiger partial charge in [-0.25, -0.2) is 4.39 Å². The van der Waals surface area contributed by atoms with E-state index in [0.29, 0.717) is 5.39 Å². The van der Waals surface area contributed by atoms with Crippen molar-refractivity contribution >= 4 is 22.1 Å². The van der Waals surface area contributed by atoms with E-state index < -0.39 is 0 Å². The Balaban J connectivity index is 1.88. The summed E-state index contributed by atoms with van der Waals surface area (Å²) < 4.78 is 13.8. The maximum atomic E-state index is 13.8. The maximum absolute atomic E-state index is 13.8. The molecule has 0 amide bonds. The molecule has 0 radical (unpaired) electrons. The molecule has 0 aliphatic rings. The minimum atomic E-state index is -0.185. The first-order chi connectivity index (χ1) is 9.75. The van der Waals surface area contributed by atoms with Crippen LogP contribution < -0.4 is 5.73 Å². The average Bonchev–Trinajstić information content (AvgIpc) is 2.99. The first kappa shape index (κ1) is 13.3. The van der Waals surface area contributed by atoms with E-state index in [4.69, 9.17) is 5.73 Å². The van der Waals surface area contributed by atoms with Gasteiger partial charge in [0.25, 0.3) is 0 Å². The van der Waals surface area contributed by atoms with Crippen LogP contribution in [0.5, 0.6) is 0 Å². The smallest absolute Gasteiger partial charge is 0.131 e. The van der Waals surface area contributed by atoms with Gasteiger partial charge in [-0.1, -0.05) is 36.4 Å². The van der Waals surface area contributed by atoms with Crippen molar-refractivity contribution in [1.82, 2.24) is 0 Å². The zero-order chi connectivity index (χ0) is 13.9. The van der Waals surface area contributed by atoms with Gasteiger partial charge >= 0.3 is 0 Å². The Hall–Kier alpha value is -1.71. The number of fused-ring (bicyclic) bond motifs is 1.